The molecule has 2 rings (SSSR count). The quantitative estimate of drug-likeness (QED) is 0.921. The van der Waals surface area contributed by atoms with Crippen LogP contribution in [0.2, 0.25) is 5.02 Å². The van der Waals surface area contributed by atoms with E-state index in [9.17, 15) is 8.42 Å². The molecule has 1 heterocycles. The van der Waals surface area contributed by atoms with Crippen molar-refractivity contribution in [3.63, 3.8) is 0 Å². The molecule has 1 aliphatic rings. The summed E-state index contributed by atoms with van der Waals surface area (Å²) in [6, 6.07) is 6.38. The predicted octanol–water partition coefficient (Wildman–Crippen LogP) is 1.71. The smallest absolute Gasteiger partial charge is 0.243 e. The SMILES string of the molecule is CN(C1CCNCC1)S(=O)(=O)c1ccc(Cl)cc1. The molecule has 0 spiro atoms. The second-order valence-corrected chi connectivity index (χ2v) is 6.89. The molecule has 4 nitrogen and oxygen atoms in total. The summed E-state index contributed by atoms with van der Waals surface area (Å²) >= 11 is 5.77. The van der Waals surface area contributed by atoms with E-state index >= 15 is 0 Å². The third kappa shape index (κ3) is 2.85. The third-order valence-corrected chi connectivity index (χ3v) is 5.49. The van der Waals surface area contributed by atoms with Crippen LogP contribution >= 0.6 is 11.6 Å². The maximum Gasteiger partial charge on any atom is 0.243 e. The van der Waals surface area contributed by atoms with Gasteiger partial charge < -0.3 is 5.32 Å². The Hall–Kier alpha value is -0.620. The number of halogens is 1. The number of benzene rings is 1. The summed E-state index contributed by atoms with van der Waals surface area (Å²) in [6.45, 7) is 1.73. The third-order valence-electron chi connectivity index (χ3n) is 3.31. The summed E-state index contributed by atoms with van der Waals surface area (Å²) in [5.74, 6) is 0. The van der Waals surface area contributed by atoms with Crippen molar-refractivity contribution >= 4 is 21.6 Å². The van der Waals surface area contributed by atoms with E-state index in [0.29, 0.717) is 9.92 Å². The molecule has 1 N–H and O–H groups in total. The van der Waals surface area contributed by atoms with Gasteiger partial charge in [-0.15, -0.1) is 0 Å². The molecule has 18 heavy (non-hydrogen) atoms. The average molecular weight is 289 g/mol. The van der Waals surface area contributed by atoms with E-state index in [-0.39, 0.29) is 6.04 Å². The predicted molar refractivity (Wildman–Crippen MR) is 72.3 cm³/mol. The van der Waals surface area contributed by atoms with Gasteiger partial charge in [0.05, 0.1) is 4.90 Å². The number of piperidine rings is 1. The maximum absolute atomic E-state index is 12.4. The highest BCUT2D eigenvalue weighted by Crippen LogP contribution is 2.21. The lowest BCUT2D eigenvalue weighted by Crippen LogP contribution is -2.43. The number of sulfonamides is 1. The first-order valence-corrected chi connectivity index (χ1v) is 7.78. The van der Waals surface area contributed by atoms with Crippen molar-refractivity contribution in [3.8, 4) is 0 Å². The zero-order valence-corrected chi connectivity index (χ0v) is 11.8. The molecule has 0 aromatic heterocycles. The Morgan fingerprint density at radius 2 is 1.78 bits per heavy atom. The fraction of sp³-hybridized carbons (Fsp3) is 0.500. The minimum atomic E-state index is -3.41. The lowest BCUT2D eigenvalue weighted by atomic mass is 10.1. The Bertz CT molecular complexity index is 495. The van der Waals surface area contributed by atoms with Gasteiger partial charge in [-0.3, -0.25) is 0 Å². The number of hydrogen-bond donors (Lipinski definition) is 1. The van der Waals surface area contributed by atoms with E-state index in [4.69, 9.17) is 11.6 Å². The molecule has 0 unspecified atom stereocenters. The zero-order valence-electron chi connectivity index (χ0n) is 10.3. The molecule has 1 aromatic carbocycles. The van der Waals surface area contributed by atoms with Crippen molar-refractivity contribution in [2.45, 2.75) is 23.8 Å². The van der Waals surface area contributed by atoms with E-state index in [2.05, 4.69) is 5.32 Å². The van der Waals surface area contributed by atoms with Crippen LogP contribution in [0.1, 0.15) is 12.8 Å². The highest BCUT2D eigenvalue weighted by molar-refractivity contribution is 7.89. The molecule has 0 amide bonds. The second kappa shape index (κ2) is 5.57. The van der Waals surface area contributed by atoms with E-state index in [1.807, 2.05) is 0 Å². The molecular formula is C12H17ClN2O2S. The van der Waals surface area contributed by atoms with Crippen LogP contribution in [0.4, 0.5) is 0 Å². The van der Waals surface area contributed by atoms with Crippen molar-refractivity contribution in [1.29, 1.82) is 0 Å². The summed E-state index contributed by atoms with van der Waals surface area (Å²) in [4.78, 5) is 0.299. The molecule has 0 aliphatic carbocycles. The Balaban J connectivity index is 2.21. The van der Waals surface area contributed by atoms with Gasteiger partial charge in [0.25, 0.3) is 0 Å². The fourth-order valence-electron chi connectivity index (χ4n) is 2.14. The van der Waals surface area contributed by atoms with Crippen LogP contribution in [0, 0.1) is 0 Å². The number of nitrogens with zero attached hydrogens (tertiary/aromatic N) is 1. The average Bonchev–Trinajstić information content (AvgIpc) is 2.39. The minimum Gasteiger partial charge on any atom is -0.317 e. The lowest BCUT2D eigenvalue weighted by Gasteiger charge is -2.30. The van der Waals surface area contributed by atoms with Crippen LogP contribution in [0.3, 0.4) is 0 Å². The summed E-state index contributed by atoms with van der Waals surface area (Å²) in [6.07, 6.45) is 1.70. The Morgan fingerprint density at radius 3 is 2.33 bits per heavy atom. The number of nitrogens with one attached hydrogen (secondary N) is 1. The molecule has 1 fully saturated rings. The van der Waals surface area contributed by atoms with Crippen LogP contribution in [0.15, 0.2) is 29.2 Å². The fourth-order valence-corrected chi connectivity index (χ4v) is 3.68. The molecule has 0 saturated carbocycles. The van der Waals surface area contributed by atoms with E-state index in [0.717, 1.165) is 25.9 Å². The number of hydrogen-bond acceptors (Lipinski definition) is 3. The Labute approximate surface area is 113 Å². The first-order valence-electron chi connectivity index (χ1n) is 5.96. The molecule has 1 aromatic rings. The largest absolute Gasteiger partial charge is 0.317 e. The summed E-state index contributed by atoms with van der Waals surface area (Å²) in [5, 5.41) is 3.77. The van der Waals surface area contributed by atoms with Crippen molar-refractivity contribution in [2.75, 3.05) is 20.1 Å². The van der Waals surface area contributed by atoms with Gasteiger partial charge in [-0.25, -0.2) is 8.42 Å². The van der Waals surface area contributed by atoms with Crippen LogP contribution < -0.4 is 5.32 Å². The van der Waals surface area contributed by atoms with Crippen LogP contribution in [0.25, 0.3) is 0 Å². The van der Waals surface area contributed by atoms with Gasteiger partial charge in [-0.1, -0.05) is 11.6 Å². The lowest BCUT2D eigenvalue weighted by molar-refractivity contribution is 0.296. The molecule has 0 bridgehead atoms. The molecule has 100 valence electrons. The van der Waals surface area contributed by atoms with Gasteiger partial charge in [0.1, 0.15) is 0 Å². The minimum absolute atomic E-state index is 0.0759. The van der Waals surface area contributed by atoms with Crippen molar-refractivity contribution < 1.29 is 8.42 Å². The number of rotatable bonds is 3. The monoisotopic (exact) mass is 288 g/mol. The Morgan fingerprint density at radius 1 is 1.22 bits per heavy atom. The molecule has 1 saturated heterocycles. The molecule has 0 atom stereocenters. The first-order chi connectivity index (χ1) is 8.51. The molecule has 1 aliphatic heterocycles. The van der Waals surface area contributed by atoms with Gasteiger partial charge in [-0.2, -0.15) is 4.31 Å². The van der Waals surface area contributed by atoms with Crippen LogP contribution in [-0.4, -0.2) is 38.9 Å². The standard InChI is InChI=1S/C12H17ClN2O2S/c1-15(11-6-8-14-9-7-11)18(16,17)12-4-2-10(13)3-5-12/h2-5,11,14H,6-9H2,1H3. The maximum atomic E-state index is 12.4. The van der Waals surface area contributed by atoms with E-state index < -0.39 is 10.0 Å². The second-order valence-electron chi connectivity index (χ2n) is 4.46. The van der Waals surface area contributed by atoms with Gasteiger partial charge in [-0.05, 0) is 50.2 Å². The van der Waals surface area contributed by atoms with Crippen LogP contribution in [-0.2, 0) is 10.0 Å². The molecular weight excluding hydrogens is 272 g/mol. The van der Waals surface area contributed by atoms with Gasteiger partial charge in [0.2, 0.25) is 10.0 Å². The van der Waals surface area contributed by atoms with E-state index in [1.54, 1.807) is 31.3 Å². The highest BCUT2D eigenvalue weighted by atomic mass is 35.5. The zero-order chi connectivity index (χ0) is 13.2. The molecule has 0 radical (unpaired) electrons. The van der Waals surface area contributed by atoms with Crippen LogP contribution in [0.5, 0.6) is 0 Å². The van der Waals surface area contributed by atoms with Gasteiger partial charge in [0, 0.05) is 18.1 Å². The van der Waals surface area contributed by atoms with Gasteiger partial charge >= 0.3 is 0 Å². The highest BCUT2D eigenvalue weighted by Gasteiger charge is 2.28. The summed E-state index contributed by atoms with van der Waals surface area (Å²) < 4.78 is 26.3. The Kier molecular flexibility index (Phi) is 4.27. The van der Waals surface area contributed by atoms with Crippen molar-refractivity contribution in [3.05, 3.63) is 29.3 Å². The summed E-state index contributed by atoms with van der Waals surface area (Å²) in [5.41, 5.74) is 0. The summed E-state index contributed by atoms with van der Waals surface area (Å²) in [7, 11) is -1.76. The normalized spacial score (nSPS) is 18.2. The van der Waals surface area contributed by atoms with Crippen molar-refractivity contribution in [2.24, 2.45) is 0 Å². The van der Waals surface area contributed by atoms with Crippen molar-refractivity contribution in [1.82, 2.24) is 9.62 Å². The van der Waals surface area contributed by atoms with E-state index in [1.165, 1.54) is 4.31 Å². The van der Waals surface area contributed by atoms with Gasteiger partial charge in [0.15, 0.2) is 0 Å². The first kappa shape index (κ1) is 13.8. The topological polar surface area (TPSA) is 49.4 Å². The molecule has 6 heteroatoms.